The third-order valence-electron chi connectivity index (χ3n) is 5.15. The van der Waals surface area contributed by atoms with Gasteiger partial charge in [-0.15, -0.1) is 0 Å². The van der Waals surface area contributed by atoms with Crippen molar-refractivity contribution in [3.63, 3.8) is 0 Å². The Morgan fingerprint density at radius 3 is 2.28 bits per heavy atom. The second-order valence-corrected chi connectivity index (χ2v) is 7.48. The standard InChI is InChI=1S/C25H20N2O5/c1-15-7-10-18(11-8-15)26-22(28)14-32-25(31)17-9-12-19-20(13-17)24(30)27(23(19)29)21-6-4-3-5-16(21)2/h3-13H,14H2,1-2H3,(H,26,28). The Balaban J connectivity index is 1.46. The molecule has 0 aliphatic carbocycles. The Morgan fingerprint density at radius 1 is 0.875 bits per heavy atom. The number of benzene rings is 3. The molecule has 0 saturated carbocycles. The van der Waals surface area contributed by atoms with E-state index in [9.17, 15) is 19.2 Å². The molecule has 3 aromatic carbocycles. The first-order valence-electron chi connectivity index (χ1n) is 9.97. The van der Waals surface area contributed by atoms with E-state index in [1.165, 1.54) is 18.2 Å². The number of para-hydroxylation sites is 1. The Bertz CT molecular complexity index is 1250. The van der Waals surface area contributed by atoms with Crippen molar-refractivity contribution in [2.24, 2.45) is 0 Å². The highest BCUT2D eigenvalue weighted by Crippen LogP contribution is 2.31. The van der Waals surface area contributed by atoms with Crippen LogP contribution in [-0.2, 0) is 9.53 Å². The lowest BCUT2D eigenvalue weighted by atomic mass is 10.1. The fourth-order valence-corrected chi connectivity index (χ4v) is 3.45. The Kier molecular flexibility index (Phi) is 5.55. The molecule has 7 nitrogen and oxygen atoms in total. The first kappa shape index (κ1) is 21.0. The number of nitrogens with one attached hydrogen (secondary N) is 1. The monoisotopic (exact) mass is 428 g/mol. The summed E-state index contributed by atoms with van der Waals surface area (Å²) in [7, 11) is 0. The molecule has 0 saturated heterocycles. The van der Waals surface area contributed by atoms with Gasteiger partial charge in [0, 0.05) is 5.69 Å². The zero-order valence-electron chi connectivity index (χ0n) is 17.5. The van der Waals surface area contributed by atoms with Crippen LogP contribution in [0.5, 0.6) is 0 Å². The van der Waals surface area contributed by atoms with Crippen molar-refractivity contribution >= 4 is 35.1 Å². The average molecular weight is 428 g/mol. The van der Waals surface area contributed by atoms with Crippen LogP contribution in [0.15, 0.2) is 66.7 Å². The molecule has 0 aromatic heterocycles. The number of carbonyl (C=O) groups is 4. The Labute approximate surface area is 184 Å². The molecule has 4 rings (SSSR count). The molecule has 7 heteroatoms. The first-order chi connectivity index (χ1) is 15.3. The zero-order valence-corrected chi connectivity index (χ0v) is 17.5. The molecule has 1 heterocycles. The average Bonchev–Trinajstić information content (AvgIpc) is 3.03. The van der Waals surface area contributed by atoms with E-state index in [1.54, 1.807) is 24.3 Å². The van der Waals surface area contributed by atoms with Gasteiger partial charge in [0.2, 0.25) is 0 Å². The predicted octanol–water partition coefficient (Wildman–Crippen LogP) is 3.90. The summed E-state index contributed by atoms with van der Waals surface area (Å²) in [6, 6.07) is 18.4. The molecule has 1 N–H and O–H groups in total. The quantitative estimate of drug-likeness (QED) is 0.492. The van der Waals surface area contributed by atoms with Crippen LogP contribution in [0.1, 0.15) is 42.2 Å². The van der Waals surface area contributed by atoms with Crippen molar-refractivity contribution in [1.29, 1.82) is 0 Å². The highest BCUT2D eigenvalue weighted by molar-refractivity contribution is 6.34. The summed E-state index contributed by atoms with van der Waals surface area (Å²) in [4.78, 5) is 51.3. The van der Waals surface area contributed by atoms with E-state index in [1.807, 2.05) is 38.1 Å². The summed E-state index contributed by atoms with van der Waals surface area (Å²) in [5.74, 6) is -2.20. The van der Waals surface area contributed by atoms with E-state index in [4.69, 9.17) is 4.74 Å². The summed E-state index contributed by atoms with van der Waals surface area (Å²) in [5.41, 5.74) is 3.34. The minimum atomic E-state index is -0.763. The number of carbonyl (C=O) groups excluding carboxylic acids is 4. The second kappa shape index (κ2) is 8.47. The van der Waals surface area contributed by atoms with Gasteiger partial charge in [-0.3, -0.25) is 14.4 Å². The molecule has 32 heavy (non-hydrogen) atoms. The Hall–Kier alpha value is -4.26. The van der Waals surface area contributed by atoms with E-state index in [0.717, 1.165) is 16.0 Å². The van der Waals surface area contributed by atoms with E-state index >= 15 is 0 Å². The van der Waals surface area contributed by atoms with E-state index in [2.05, 4.69) is 5.32 Å². The molecule has 0 unspecified atom stereocenters. The minimum Gasteiger partial charge on any atom is -0.452 e. The number of esters is 1. The fourth-order valence-electron chi connectivity index (χ4n) is 3.45. The van der Waals surface area contributed by atoms with Crippen LogP contribution in [0.4, 0.5) is 11.4 Å². The van der Waals surface area contributed by atoms with Crippen LogP contribution in [0, 0.1) is 13.8 Å². The van der Waals surface area contributed by atoms with Crippen LogP contribution >= 0.6 is 0 Å². The first-order valence-corrected chi connectivity index (χ1v) is 9.97. The van der Waals surface area contributed by atoms with Crippen LogP contribution in [0.2, 0.25) is 0 Å². The maximum atomic E-state index is 12.9. The number of imide groups is 1. The topological polar surface area (TPSA) is 92.8 Å². The van der Waals surface area contributed by atoms with Crippen LogP contribution in [-0.4, -0.2) is 30.3 Å². The lowest BCUT2D eigenvalue weighted by molar-refractivity contribution is -0.119. The maximum Gasteiger partial charge on any atom is 0.338 e. The number of hydrogen-bond donors (Lipinski definition) is 1. The molecule has 0 bridgehead atoms. The summed E-state index contributed by atoms with van der Waals surface area (Å²) < 4.78 is 5.08. The molecule has 3 amide bonds. The van der Waals surface area contributed by atoms with E-state index in [0.29, 0.717) is 11.4 Å². The molecule has 160 valence electrons. The van der Waals surface area contributed by atoms with Crippen LogP contribution in [0.25, 0.3) is 0 Å². The molecule has 0 fully saturated rings. The molecular formula is C25H20N2O5. The van der Waals surface area contributed by atoms with Crippen LogP contribution < -0.4 is 10.2 Å². The molecule has 0 radical (unpaired) electrons. The van der Waals surface area contributed by atoms with Crippen molar-refractivity contribution < 1.29 is 23.9 Å². The third kappa shape index (κ3) is 4.00. The van der Waals surface area contributed by atoms with Gasteiger partial charge in [-0.2, -0.15) is 0 Å². The molecule has 1 aliphatic rings. The van der Waals surface area contributed by atoms with Gasteiger partial charge in [0.05, 0.1) is 22.4 Å². The highest BCUT2D eigenvalue weighted by Gasteiger charge is 2.37. The molecular weight excluding hydrogens is 408 g/mol. The van der Waals surface area contributed by atoms with Crippen molar-refractivity contribution in [3.05, 3.63) is 94.5 Å². The summed E-state index contributed by atoms with van der Waals surface area (Å²) in [5, 5.41) is 2.64. The maximum absolute atomic E-state index is 12.9. The normalized spacial score (nSPS) is 12.5. The smallest absolute Gasteiger partial charge is 0.338 e. The minimum absolute atomic E-state index is 0.0830. The van der Waals surface area contributed by atoms with Gasteiger partial charge in [-0.05, 0) is 55.8 Å². The fraction of sp³-hybridized carbons (Fsp3) is 0.120. The second-order valence-electron chi connectivity index (χ2n) is 7.48. The summed E-state index contributed by atoms with van der Waals surface area (Å²) in [6.45, 7) is 3.26. The number of anilines is 2. The lowest BCUT2D eigenvalue weighted by Crippen LogP contribution is -2.29. The van der Waals surface area contributed by atoms with Gasteiger partial charge in [-0.1, -0.05) is 35.9 Å². The number of amides is 3. The van der Waals surface area contributed by atoms with Gasteiger partial charge < -0.3 is 10.1 Å². The van der Waals surface area contributed by atoms with E-state index in [-0.39, 0.29) is 16.7 Å². The van der Waals surface area contributed by atoms with Gasteiger partial charge in [0.15, 0.2) is 6.61 Å². The van der Waals surface area contributed by atoms with Crippen molar-refractivity contribution in [2.45, 2.75) is 13.8 Å². The van der Waals surface area contributed by atoms with Gasteiger partial charge in [-0.25, -0.2) is 9.69 Å². The SMILES string of the molecule is Cc1ccc(NC(=O)COC(=O)c2ccc3c(c2)C(=O)N(c2ccccc2C)C3=O)cc1. The molecule has 0 spiro atoms. The van der Waals surface area contributed by atoms with Gasteiger partial charge >= 0.3 is 5.97 Å². The van der Waals surface area contributed by atoms with Crippen molar-refractivity contribution in [3.8, 4) is 0 Å². The van der Waals surface area contributed by atoms with Crippen molar-refractivity contribution in [2.75, 3.05) is 16.8 Å². The third-order valence-corrected chi connectivity index (χ3v) is 5.15. The number of hydrogen-bond acceptors (Lipinski definition) is 5. The van der Waals surface area contributed by atoms with Crippen LogP contribution in [0.3, 0.4) is 0 Å². The summed E-state index contributed by atoms with van der Waals surface area (Å²) >= 11 is 0. The highest BCUT2D eigenvalue weighted by atomic mass is 16.5. The van der Waals surface area contributed by atoms with E-state index < -0.39 is 30.3 Å². The molecule has 1 aliphatic heterocycles. The number of rotatable bonds is 5. The molecule has 3 aromatic rings. The Morgan fingerprint density at radius 2 is 1.56 bits per heavy atom. The number of aryl methyl sites for hydroxylation is 2. The number of fused-ring (bicyclic) bond motifs is 1. The van der Waals surface area contributed by atoms with Gasteiger partial charge in [0.1, 0.15) is 0 Å². The number of ether oxygens (including phenoxy) is 1. The largest absolute Gasteiger partial charge is 0.452 e. The van der Waals surface area contributed by atoms with Gasteiger partial charge in [0.25, 0.3) is 17.7 Å². The molecule has 0 atom stereocenters. The number of nitrogens with zero attached hydrogens (tertiary/aromatic N) is 1. The van der Waals surface area contributed by atoms with Crippen molar-refractivity contribution in [1.82, 2.24) is 0 Å². The predicted molar refractivity (Wildman–Crippen MR) is 119 cm³/mol. The zero-order chi connectivity index (χ0) is 22.8. The lowest BCUT2D eigenvalue weighted by Gasteiger charge is -2.16. The summed E-state index contributed by atoms with van der Waals surface area (Å²) in [6.07, 6.45) is 0.